The molecular weight excluding hydrogens is 448 g/mol. The molecule has 2 aliphatic heterocycles. The lowest BCUT2D eigenvalue weighted by Crippen LogP contribution is -2.47. The van der Waals surface area contributed by atoms with E-state index in [4.69, 9.17) is 14.2 Å². The van der Waals surface area contributed by atoms with E-state index in [0.717, 1.165) is 44.2 Å². The number of hydrogen-bond acceptors (Lipinski definition) is 7. The number of anilines is 1. The van der Waals surface area contributed by atoms with Gasteiger partial charge in [0.1, 0.15) is 22.9 Å². The number of hydrogen-bond donors (Lipinski definition) is 1. The standard InChI is InChI=1S/C26H32N4O5/c1-33-20-15-19(16-21(18-20)34-2)17-22-25(31)30(26(32)27-22)10-6-9-28-11-13-29(14-12-28)23-7-4-5-8-24(23)35-3/h4-5,7-8,15-18H,6,9-14H2,1-3H3,(H,27,32)/b22-17-. The van der Waals surface area contributed by atoms with Crippen LogP contribution < -0.4 is 24.4 Å². The van der Waals surface area contributed by atoms with Crippen LogP contribution in [0.25, 0.3) is 6.08 Å². The van der Waals surface area contributed by atoms with E-state index in [1.165, 1.54) is 4.90 Å². The molecule has 2 heterocycles. The first kappa shape index (κ1) is 24.4. The smallest absolute Gasteiger partial charge is 0.329 e. The van der Waals surface area contributed by atoms with Gasteiger partial charge in [-0.2, -0.15) is 0 Å². The number of imide groups is 1. The zero-order valence-electron chi connectivity index (χ0n) is 20.5. The fraction of sp³-hybridized carbons (Fsp3) is 0.385. The van der Waals surface area contributed by atoms with Crippen molar-refractivity contribution in [3.63, 3.8) is 0 Å². The van der Waals surface area contributed by atoms with Gasteiger partial charge in [0.25, 0.3) is 5.91 Å². The molecule has 2 aromatic rings. The monoisotopic (exact) mass is 480 g/mol. The van der Waals surface area contributed by atoms with E-state index in [1.54, 1.807) is 45.6 Å². The summed E-state index contributed by atoms with van der Waals surface area (Å²) in [5.41, 5.74) is 2.07. The van der Waals surface area contributed by atoms with Gasteiger partial charge in [0.05, 0.1) is 27.0 Å². The van der Waals surface area contributed by atoms with Crippen LogP contribution >= 0.6 is 0 Å². The SMILES string of the molecule is COc1cc(/C=C2\NC(=O)N(CCCN3CCN(c4ccccc4OC)CC3)C2=O)cc(OC)c1. The Hall–Kier alpha value is -3.72. The third-order valence-corrected chi connectivity index (χ3v) is 6.30. The highest BCUT2D eigenvalue weighted by Gasteiger charge is 2.33. The van der Waals surface area contributed by atoms with Gasteiger partial charge in [-0.25, -0.2) is 4.79 Å². The third-order valence-electron chi connectivity index (χ3n) is 6.30. The molecule has 0 atom stereocenters. The van der Waals surface area contributed by atoms with Crippen LogP contribution in [0.15, 0.2) is 48.2 Å². The minimum Gasteiger partial charge on any atom is -0.497 e. The van der Waals surface area contributed by atoms with Crippen LogP contribution in [-0.4, -0.2) is 82.3 Å². The van der Waals surface area contributed by atoms with Crippen molar-refractivity contribution in [1.29, 1.82) is 0 Å². The quantitative estimate of drug-likeness (QED) is 0.437. The highest BCUT2D eigenvalue weighted by Crippen LogP contribution is 2.28. The number of carbonyl (C=O) groups is 2. The van der Waals surface area contributed by atoms with Crippen molar-refractivity contribution >= 4 is 23.7 Å². The molecule has 9 nitrogen and oxygen atoms in total. The molecule has 2 aliphatic rings. The molecular formula is C26H32N4O5. The van der Waals surface area contributed by atoms with Crippen molar-refractivity contribution in [2.75, 3.05) is 65.5 Å². The van der Waals surface area contributed by atoms with Crippen molar-refractivity contribution in [2.24, 2.45) is 0 Å². The summed E-state index contributed by atoms with van der Waals surface area (Å²) in [4.78, 5) is 31.3. The zero-order chi connectivity index (χ0) is 24.8. The Balaban J connectivity index is 1.29. The van der Waals surface area contributed by atoms with Crippen LogP contribution in [-0.2, 0) is 4.79 Å². The first-order valence-electron chi connectivity index (χ1n) is 11.7. The molecule has 0 saturated carbocycles. The first-order valence-corrected chi connectivity index (χ1v) is 11.7. The highest BCUT2D eigenvalue weighted by atomic mass is 16.5. The van der Waals surface area contributed by atoms with Gasteiger partial charge >= 0.3 is 6.03 Å². The Kier molecular flexibility index (Phi) is 7.77. The number of urea groups is 1. The number of carbonyl (C=O) groups excluding carboxylic acids is 2. The lowest BCUT2D eigenvalue weighted by molar-refractivity contribution is -0.122. The lowest BCUT2D eigenvalue weighted by atomic mass is 10.1. The van der Waals surface area contributed by atoms with Crippen molar-refractivity contribution in [3.8, 4) is 17.2 Å². The fourth-order valence-electron chi connectivity index (χ4n) is 4.41. The second kappa shape index (κ2) is 11.1. The maximum Gasteiger partial charge on any atom is 0.329 e. The maximum atomic E-state index is 12.9. The number of ether oxygens (including phenoxy) is 3. The van der Waals surface area contributed by atoms with E-state index >= 15 is 0 Å². The number of amides is 3. The molecule has 1 N–H and O–H groups in total. The van der Waals surface area contributed by atoms with Crippen LogP contribution in [0.5, 0.6) is 17.2 Å². The van der Waals surface area contributed by atoms with Gasteiger partial charge in [-0.05, 0) is 48.9 Å². The molecule has 0 bridgehead atoms. The van der Waals surface area contributed by atoms with E-state index in [9.17, 15) is 9.59 Å². The van der Waals surface area contributed by atoms with Crippen LogP contribution in [0, 0.1) is 0 Å². The van der Waals surface area contributed by atoms with Crippen LogP contribution in [0.4, 0.5) is 10.5 Å². The number of methoxy groups -OCH3 is 3. The molecule has 0 aromatic heterocycles. The highest BCUT2D eigenvalue weighted by molar-refractivity contribution is 6.14. The van der Waals surface area contributed by atoms with Gasteiger partial charge in [-0.15, -0.1) is 0 Å². The number of nitrogens with one attached hydrogen (secondary N) is 1. The summed E-state index contributed by atoms with van der Waals surface area (Å²) in [6.07, 6.45) is 2.36. The van der Waals surface area contributed by atoms with E-state index in [0.29, 0.717) is 30.0 Å². The number of para-hydroxylation sites is 2. The van der Waals surface area contributed by atoms with Crippen molar-refractivity contribution in [3.05, 3.63) is 53.7 Å². The summed E-state index contributed by atoms with van der Waals surface area (Å²) in [5, 5.41) is 2.69. The zero-order valence-corrected chi connectivity index (χ0v) is 20.5. The minimum absolute atomic E-state index is 0.246. The van der Waals surface area contributed by atoms with Gasteiger partial charge < -0.3 is 24.4 Å². The van der Waals surface area contributed by atoms with Gasteiger partial charge in [0, 0.05) is 38.8 Å². The summed E-state index contributed by atoms with van der Waals surface area (Å²) in [6, 6.07) is 13.0. The Morgan fingerprint density at radius 3 is 2.23 bits per heavy atom. The molecule has 4 rings (SSSR count). The third kappa shape index (κ3) is 5.68. The van der Waals surface area contributed by atoms with E-state index in [-0.39, 0.29) is 11.6 Å². The number of nitrogens with zero attached hydrogens (tertiary/aromatic N) is 3. The van der Waals surface area contributed by atoms with Crippen molar-refractivity contribution < 1.29 is 23.8 Å². The Morgan fingerprint density at radius 2 is 1.57 bits per heavy atom. The summed E-state index contributed by atoms with van der Waals surface area (Å²) >= 11 is 0. The maximum absolute atomic E-state index is 12.9. The van der Waals surface area contributed by atoms with Crippen LogP contribution in [0.2, 0.25) is 0 Å². The second-order valence-electron chi connectivity index (χ2n) is 8.45. The fourth-order valence-corrected chi connectivity index (χ4v) is 4.41. The summed E-state index contributed by atoms with van der Waals surface area (Å²) < 4.78 is 16.0. The van der Waals surface area contributed by atoms with Gasteiger partial charge in [0.2, 0.25) is 0 Å². The molecule has 9 heteroatoms. The lowest BCUT2D eigenvalue weighted by Gasteiger charge is -2.36. The Bertz CT molecular complexity index is 1070. The van der Waals surface area contributed by atoms with Gasteiger partial charge in [0.15, 0.2) is 0 Å². The van der Waals surface area contributed by atoms with Crippen molar-refractivity contribution in [2.45, 2.75) is 6.42 Å². The molecule has 3 amide bonds. The van der Waals surface area contributed by atoms with Crippen LogP contribution in [0.3, 0.4) is 0 Å². The average molecular weight is 481 g/mol. The van der Waals surface area contributed by atoms with Gasteiger partial charge in [-0.1, -0.05) is 12.1 Å². The van der Waals surface area contributed by atoms with Crippen LogP contribution in [0.1, 0.15) is 12.0 Å². The summed E-state index contributed by atoms with van der Waals surface area (Å²) in [5.74, 6) is 1.78. The molecule has 186 valence electrons. The van der Waals surface area contributed by atoms with E-state index in [1.807, 2.05) is 18.2 Å². The minimum atomic E-state index is -0.392. The van der Waals surface area contributed by atoms with Crippen molar-refractivity contribution in [1.82, 2.24) is 15.1 Å². The molecule has 2 saturated heterocycles. The van der Waals surface area contributed by atoms with Gasteiger partial charge in [-0.3, -0.25) is 14.6 Å². The largest absolute Gasteiger partial charge is 0.497 e. The number of rotatable bonds is 9. The molecule has 2 aromatic carbocycles. The van der Waals surface area contributed by atoms with E-state index < -0.39 is 6.03 Å². The Morgan fingerprint density at radius 1 is 0.886 bits per heavy atom. The molecule has 0 aliphatic carbocycles. The number of benzene rings is 2. The van der Waals surface area contributed by atoms with E-state index in [2.05, 4.69) is 21.2 Å². The predicted octanol–water partition coefficient (Wildman–Crippen LogP) is 2.82. The summed E-state index contributed by atoms with van der Waals surface area (Å²) in [6.45, 7) is 4.84. The normalized spacial score (nSPS) is 17.6. The topological polar surface area (TPSA) is 83.6 Å². The molecule has 0 radical (unpaired) electrons. The molecule has 0 spiro atoms. The second-order valence-corrected chi connectivity index (χ2v) is 8.45. The first-order chi connectivity index (χ1) is 17.0. The summed E-state index contributed by atoms with van der Waals surface area (Å²) in [7, 11) is 4.82. The Labute approximate surface area is 205 Å². The number of piperazine rings is 1. The average Bonchev–Trinajstić information content (AvgIpc) is 3.16. The predicted molar refractivity (Wildman–Crippen MR) is 134 cm³/mol. The molecule has 2 fully saturated rings. The molecule has 35 heavy (non-hydrogen) atoms. The molecule has 0 unspecified atom stereocenters.